The van der Waals surface area contributed by atoms with Gasteiger partial charge in [-0.3, -0.25) is 9.69 Å². The molecule has 0 spiro atoms. The van der Waals surface area contributed by atoms with Crippen LogP contribution in [0.5, 0.6) is 0 Å². The van der Waals surface area contributed by atoms with E-state index in [4.69, 9.17) is 4.98 Å². The highest BCUT2D eigenvalue weighted by atomic mass is 16.1. The van der Waals surface area contributed by atoms with Crippen molar-refractivity contribution in [2.24, 2.45) is 0 Å². The highest BCUT2D eigenvalue weighted by molar-refractivity contribution is 5.98. The van der Waals surface area contributed by atoms with E-state index in [0.717, 1.165) is 40.9 Å². The van der Waals surface area contributed by atoms with Gasteiger partial charge in [0.05, 0.1) is 24.3 Å². The molecule has 0 radical (unpaired) electrons. The average Bonchev–Trinajstić information content (AvgIpc) is 3.28. The van der Waals surface area contributed by atoms with E-state index in [9.17, 15) is 4.79 Å². The molecule has 1 N–H and O–H groups in total. The van der Waals surface area contributed by atoms with Crippen LogP contribution in [0.1, 0.15) is 12.8 Å². The van der Waals surface area contributed by atoms with Gasteiger partial charge in [0.2, 0.25) is 0 Å². The van der Waals surface area contributed by atoms with Gasteiger partial charge in [-0.25, -0.2) is 9.50 Å². The van der Waals surface area contributed by atoms with Crippen LogP contribution >= 0.6 is 0 Å². The number of aromatic amines is 1. The highest BCUT2D eigenvalue weighted by Crippen LogP contribution is 2.30. The van der Waals surface area contributed by atoms with E-state index in [1.165, 1.54) is 39.0 Å². The molecule has 8 nitrogen and oxygen atoms in total. The molecular formula is C25H29N7O. The number of pyridine rings is 1. The zero-order chi connectivity index (χ0) is 22.4. The van der Waals surface area contributed by atoms with Gasteiger partial charge in [-0.1, -0.05) is 18.2 Å². The molecule has 0 atom stereocenters. The smallest absolute Gasteiger partial charge is 0.255 e. The van der Waals surface area contributed by atoms with Gasteiger partial charge in [0.25, 0.3) is 5.56 Å². The molecule has 8 heteroatoms. The van der Waals surface area contributed by atoms with E-state index in [2.05, 4.69) is 38.0 Å². The molecule has 2 fully saturated rings. The van der Waals surface area contributed by atoms with Crippen molar-refractivity contribution in [3.63, 3.8) is 0 Å². The molecule has 6 rings (SSSR count). The van der Waals surface area contributed by atoms with Crippen molar-refractivity contribution in [3.05, 3.63) is 59.4 Å². The van der Waals surface area contributed by atoms with Crippen LogP contribution in [0, 0.1) is 0 Å². The summed E-state index contributed by atoms with van der Waals surface area (Å²) >= 11 is 0. The number of hydrogen-bond donors (Lipinski definition) is 1. The van der Waals surface area contributed by atoms with Crippen molar-refractivity contribution in [2.45, 2.75) is 18.9 Å². The fourth-order valence-electron chi connectivity index (χ4n) is 5.33. The van der Waals surface area contributed by atoms with Crippen molar-refractivity contribution in [1.82, 2.24) is 29.4 Å². The van der Waals surface area contributed by atoms with Crippen LogP contribution in [-0.2, 0) is 0 Å². The fraction of sp³-hybridized carbons (Fsp3) is 0.400. The molecular weight excluding hydrogens is 414 g/mol. The van der Waals surface area contributed by atoms with E-state index < -0.39 is 0 Å². The number of rotatable bonds is 3. The van der Waals surface area contributed by atoms with E-state index in [-0.39, 0.29) is 5.56 Å². The minimum absolute atomic E-state index is 0.0824. The predicted molar refractivity (Wildman–Crippen MR) is 131 cm³/mol. The molecule has 0 unspecified atom stereocenters. The van der Waals surface area contributed by atoms with Gasteiger partial charge in [-0.2, -0.15) is 5.10 Å². The topological polar surface area (TPSA) is 72.8 Å². The van der Waals surface area contributed by atoms with Crippen LogP contribution in [0.15, 0.2) is 53.8 Å². The highest BCUT2D eigenvalue weighted by Gasteiger charge is 2.27. The maximum Gasteiger partial charge on any atom is 0.255 e. The lowest BCUT2D eigenvalue weighted by atomic mass is 10.0. The quantitative estimate of drug-likeness (QED) is 0.524. The standard InChI is InChI=1S/C25H29N7O/c1-29-10-12-31(13-11-29)18-6-8-30(9-7-18)19-14-26-24-23(16-28-32(24)17-19)22-15-27-25(33)21-5-3-2-4-20(21)22/h2-5,14-18H,6-13H2,1H3,(H,27,33). The van der Waals surface area contributed by atoms with E-state index >= 15 is 0 Å². The van der Waals surface area contributed by atoms with E-state index in [0.29, 0.717) is 11.4 Å². The number of benzene rings is 1. The summed E-state index contributed by atoms with van der Waals surface area (Å²) in [6, 6.07) is 8.35. The van der Waals surface area contributed by atoms with Gasteiger partial charge in [-0.05, 0) is 31.3 Å². The molecule has 2 aliphatic heterocycles. The normalized spacial score (nSPS) is 19.0. The Morgan fingerprint density at radius 2 is 1.70 bits per heavy atom. The lowest BCUT2D eigenvalue weighted by molar-refractivity contribution is 0.0982. The molecule has 4 aromatic rings. The molecule has 0 bridgehead atoms. The third-order valence-electron chi connectivity index (χ3n) is 7.33. The number of likely N-dealkylation sites (N-methyl/N-ethyl adjacent to an activating group) is 1. The maximum atomic E-state index is 12.2. The monoisotopic (exact) mass is 443 g/mol. The number of aromatic nitrogens is 4. The second kappa shape index (κ2) is 8.28. The first-order valence-corrected chi connectivity index (χ1v) is 11.8. The van der Waals surface area contributed by atoms with Crippen LogP contribution < -0.4 is 10.5 Å². The lowest BCUT2D eigenvalue weighted by Gasteiger charge is -2.42. The summed E-state index contributed by atoms with van der Waals surface area (Å²) in [5, 5.41) is 6.18. The number of nitrogens with zero attached hydrogens (tertiary/aromatic N) is 6. The van der Waals surface area contributed by atoms with Gasteiger partial charge >= 0.3 is 0 Å². The Hall–Kier alpha value is -3.23. The van der Waals surface area contributed by atoms with Crippen LogP contribution in [0.4, 0.5) is 5.69 Å². The Bertz CT molecular complexity index is 1340. The summed E-state index contributed by atoms with van der Waals surface area (Å²) in [4.78, 5) is 27.4. The largest absolute Gasteiger partial charge is 0.369 e. The zero-order valence-electron chi connectivity index (χ0n) is 18.9. The summed E-state index contributed by atoms with van der Waals surface area (Å²) in [6.07, 6.45) is 10.0. The van der Waals surface area contributed by atoms with Crippen molar-refractivity contribution < 1.29 is 0 Å². The number of piperidine rings is 1. The van der Waals surface area contributed by atoms with Gasteiger partial charge in [0.1, 0.15) is 0 Å². The van der Waals surface area contributed by atoms with Crippen molar-refractivity contribution in [2.75, 3.05) is 51.2 Å². The van der Waals surface area contributed by atoms with Crippen molar-refractivity contribution >= 4 is 22.1 Å². The summed E-state index contributed by atoms with van der Waals surface area (Å²) < 4.78 is 1.86. The Morgan fingerprint density at radius 1 is 0.939 bits per heavy atom. The molecule has 0 amide bonds. The van der Waals surface area contributed by atoms with E-state index in [1.54, 1.807) is 6.20 Å². The third-order valence-corrected chi connectivity index (χ3v) is 7.33. The van der Waals surface area contributed by atoms with Gasteiger partial charge in [0.15, 0.2) is 5.65 Å². The number of H-pyrrole nitrogens is 1. The number of nitrogens with one attached hydrogen (secondary N) is 1. The van der Waals surface area contributed by atoms with Gasteiger partial charge < -0.3 is 14.8 Å². The Morgan fingerprint density at radius 3 is 2.48 bits per heavy atom. The summed E-state index contributed by atoms with van der Waals surface area (Å²) in [7, 11) is 2.21. The fourth-order valence-corrected chi connectivity index (χ4v) is 5.33. The van der Waals surface area contributed by atoms with Crippen LogP contribution in [0.25, 0.3) is 27.5 Å². The number of piperazine rings is 1. The zero-order valence-corrected chi connectivity index (χ0v) is 18.9. The number of anilines is 1. The molecule has 0 aliphatic carbocycles. The summed E-state index contributed by atoms with van der Waals surface area (Å²) in [6.45, 7) is 6.81. The van der Waals surface area contributed by atoms with Gasteiger partial charge in [0, 0.05) is 68.0 Å². The second-order valence-corrected chi connectivity index (χ2v) is 9.27. The first kappa shape index (κ1) is 20.4. The molecule has 170 valence electrons. The minimum atomic E-state index is -0.0824. The summed E-state index contributed by atoms with van der Waals surface area (Å²) in [5.41, 5.74) is 3.68. The Balaban J connectivity index is 1.24. The van der Waals surface area contributed by atoms with E-state index in [1.807, 2.05) is 41.2 Å². The average molecular weight is 444 g/mol. The molecule has 2 aliphatic rings. The molecule has 1 aromatic carbocycles. The number of fused-ring (bicyclic) bond motifs is 2. The Kier molecular flexibility index (Phi) is 5.11. The van der Waals surface area contributed by atoms with Crippen molar-refractivity contribution in [3.8, 4) is 11.1 Å². The molecule has 33 heavy (non-hydrogen) atoms. The van der Waals surface area contributed by atoms with Crippen LogP contribution in [0.2, 0.25) is 0 Å². The summed E-state index contributed by atoms with van der Waals surface area (Å²) in [5.74, 6) is 0. The molecule has 3 aromatic heterocycles. The third kappa shape index (κ3) is 3.69. The Labute approximate surface area is 192 Å². The van der Waals surface area contributed by atoms with Crippen LogP contribution in [-0.4, -0.2) is 81.7 Å². The number of hydrogen-bond acceptors (Lipinski definition) is 6. The predicted octanol–water partition coefficient (Wildman–Crippen LogP) is 2.45. The second-order valence-electron chi connectivity index (χ2n) is 9.27. The first-order chi connectivity index (χ1) is 16.2. The van der Waals surface area contributed by atoms with Crippen molar-refractivity contribution in [1.29, 1.82) is 0 Å². The SMILES string of the molecule is CN1CCN(C2CCN(c3cnc4c(-c5c[nH]c(=O)c6ccccc56)cnn4c3)CC2)CC1. The maximum absolute atomic E-state index is 12.2. The minimum Gasteiger partial charge on any atom is -0.369 e. The molecule has 2 saturated heterocycles. The van der Waals surface area contributed by atoms with Crippen LogP contribution in [0.3, 0.4) is 0 Å². The lowest BCUT2D eigenvalue weighted by Crippen LogP contribution is -2.52. The molecule has 5 heterocycles. The molecule has 0 saturated carbocycles. The first-order valence-electron chi connectivity index (χ1n) is 11.8. The van der Waals surface area contributed by atoms with Gasteiger partial charge in [-0.15, -0.1) is 0 Å².